The Morgan fingerprint density at radius 2 is 1.47 bits per heavy atom. The maximum absolute atomic E-state index is 3.59. The van der Waals surface area contributed by atoms with Crippen molar-refractivity contribution in [1.29, 1.82) is 0 Å². The first-order valence-electron chi connectivity index (χ1n) is 6.69. The van der Waals surface area contributed by atoms with Gasteiger partial charge in [0, 0.05) is 12.1 Å². The van der Waals surface area contributed by atoms with Gasteiger partial charge < -0.3 is 10.6 Å². The molecule has 88 valence electrons. The zero-order valence-electron chi connectivity index (χ0n) is 10.3. The molecule has 2 heteroatoms. The van der Waals surface area contributed by atoms with E-state index in [9.17, 15) is 0 Å². The highest BCUT2D eigenvalue weighted by molar-refractivity contribution is 4.90. The summed E-state index contributed by atoms with van der Waals surface area (Å²) >= 11 is 0. The summed E-state index contributed by atoms with van der Waals surface area (Å²) in [6.45, 7) is 0. The van der Waals surface area contributed by atoms with Gasteiger partial charge in [0.15, 0.2) is 0 Å². The molecule has 2 saturated carbocycles. The van der Waals surface area contributed by atoms with Gasteiger partial charge in [-0.05, 0) is 64.5 Å². The standard InChI is InChI=1S/C13H26N2/c1-14-12-8-6-11(7-9-12)13(15-2)10-4-3-5-10/h10-15H,3-9H2,1-2H3. The van der Waals surface area contributed by atoms with Crippen LogP contribution in [-0.2, 0) is 0 Å². The summed E-state index contributed by atoms with van der Waals surface area (Å²) in [4.78, 5) is 0. The average molecular weight is 210 g/mol. The van der Waals surface area contributed by atoms with Crippen LogP contribution in [0.25, 0.3) is 0 Å². The highest BCUT2D eigenvalue weighted by Crippen LogP contribution is 2.37. The number of nitrogens with one attached hydrogen (secondary N) is 2. The van der Waals surface area contributed by atoms with Crippen LogP contribution >= 0.6 is 0 Å². The van der Waals surface area contributed by atoms with E-state index in [1.54, 1.807) is 0 Å². The van der Waals surface area contributed by atoms with Gasteiger partial charge in [0.1, 0.15) is 0 Å². The van der Waals surface area contributed by atoms with E-state index in [1.165, 1.54) is 44.9 Å². The summed E-state index contributed by atoms with van der Waals surface area (Å²) in [6, 6.07) is 1.61. The van der Waals surface area contributed by atoms with Crippen molar-refractivity contribution in [3.05, 3.63) is 0 Å². The van der Waals surface area contributed by atoms with Crippen molar-refractivity contribution < 1.29 is 0 Å². The van der Waals surface area contributed by atoms with Gasteiger partial charge in [-0.2, -0.15) is 0 Å². The second-order valence-corrected chi connectivity index (χ2v) is 5.41. The van der Waals surface area contributed by atoms with Gasteiger partial charge >= 0.3 is 0 Å². The van der Waals surface area contributed by atoms with Crippen LogP contribution in [0, 0.1) is 11.8 Å². The summed E-state index contributed by atoms with van der Waals surface area (Å²) in [6.07, 6.45) is 10.0. The third-order valence-corrected chi connectivity index (χ3v) is 4.68. The van der Waals surface area contributed by atoms with Crippen molar-refractivity contribution in [3.63, 3.8) is 0 Å². The fourth-order valence-electron chi connectivity index (χ4n) is 3.42. The molecule has 15 heavy (non-hydrogen) atoms. The smallest absolute Gasteiger partial charge is 0.0121 e. The Morgan fingerprint density at radius 3 is 1.87 bits per heavy atom. The zero-order valence-corrected chi connectivity index (χ0v) is 10.3. The Balaban J connectivity index is 1.81. The summed E-state index contributed by atoms with van der Waals surface area (Å²) < 4.78 is 0. The third-order valence-electron chi connectivity index (χ3n) is 4.68. The van der Waals surface area contributed by atoms with Crippen LogP contribution < -0.4 is 10.6 Å². The number of hydrogen-bond acceptors (Lipinski definition) is 2. The van der Waals surface area contributed by atoms with E-state index in [0.717, 1.165) is 23.9 Å². The van der Waals surface area contributed by atoms with E-state index >= 15 is 0 Å². The minimum atomic E-state index is 0.792. The van der Waals surface area contributed by atoms with Crippen molar-refractivity contribution in [2.75, 3.05) is 14.1 Å². The molecule has 0 aromatic carbocycles. The van der Waals surface area contributed by atoms with Gasteiger partial charge in [0.05, 0.1) is 0 Å². The molecule has 2 aliphatic rings. The quantitative estimate of drug-likeness (QED) is 0.743. The maximum atomic E-state index is 3.59. The molecule has 2 fully saturated rings. The highest BCUT2D eigenvalue weighted by atomic mass is 14.9. The van der Waals surface area contributed by atoms with Gasteiger partial charge in [-0.25, -0.2) is 0 Å². The molecular weight excluding hydrogens is 184 g/mol. The van der Waals surface area contributed by atoms with Gasteiger partial charge in [0.25, 0.3) is 0 Å². The number of hydrogen-bond donors (Lipinski definition) is 2. The second-order valence-electron chi connectivity index (χ2n) is 5.41. The molecule has 0 radical (unpaired) electrons. The Kier molecular flexibility index (Phi) is 4.04. The molecule has 0 aliphatic heterocycles. The topological polar surface area (TPSA) is 24.1 Å². The van der Waals surface area contributed by atoms with Gasteiger partial charge in [0.2, 0.25) is 0 Å². The zero-order chi connectivity index (χ0) is 10.7. The molecule has 1 unspecified atom stereocenters. The highest BCUT2D eigenvalue weighted by Gasteiger charge is 2.33. The van der Waals surface area contributed by atoms with E-state index < -0.39 is 0 Å². The second kappa shape index (κ2) is 5.31. The normalized spacial score (nSPS) is 34.8. The molecule has 0 saturated heterocycles. The van der Waals surface area contributed by atoms with Crippen molar-refractivity contribution in [3.8, 4) is 0 Å². The van der Waals surface area contributed by atoms with Crippen molar-refractivity contribution >= 4 is 0 Å². The largest absolute Gasteiger partial charge is 0.317 e. The third kappa shape index (κ3) is 2.54. The fraction of sp³-hybridized carbons (Fsp3) is 1.00. The molecule has 2 rings (SSSR count). The first-order chi connectivity index (χ1) is 7.35. The lowest BCUT2D eigenvalue weighted by molar-refractivity contribution is 0.144. The summed E-state index contributed by atoms with van der Waals surface area (Å²) in [5.41, 5.74) is 0. The molecule has 0 bridgehead atoms. The van der Waals surface area contributed by atoms with Crippen LogP contribution in [0.1, 0.15) is 44.9 Å². The van der Waals surface area contributed by atoms with E-state index in [4.69, 9.17) is 0 Å². The molecule has 1 atom stereocenters. The van der Waals surface area contributed by atoms with E-state index in [1.807, 2.05) is 0 Å². The molecule has 0 spiro atoms. The monoisotopic (exact) mass is 210 g/mol. The maximum Gasteiger partial charge on any atom is 0.0121 e. The van der Waals surface area contributed by atoms with Gasteiger partial charge in [-0.3, -0.25) is 0 Å². The molecule has 0 aromatic rings. The number of rotatable bonds is 4. The average Bonchev–Trinajstić information content (AvgIpc) is 2.23. The predicted molar refractivity (Wildman–Crippen MR) is 65.0 cm³/mol. The van der Waals surface area contributed by atoms with Crippen LogP contribution in [0.15, 0.2) is 0 Å². The summed E-state index contributed by atoms with van der Waals surface area (Å²) in [7, 11) is 4.26. The lowest BCUT2D eigenvalue weighted by Gasteiger charge is -2.41. The molecule has 0 amide bonds. The van der Waals surface area contributed by atoms with Gasteiger partial charge in [-0.15, -0.1) is 0 Å². The Hall–Kier alpha value is -0.0800. The minimum Gasteiger partial charge on any atom is -0.317 e. The van der Waals surface area contributed by atoms with E-state index in [-0.39, 0.29) is 0 Å². The lowest BCUT2D eigenvalue weighted by Crippen LogP contribution is -2.45. The first kappa shape index (κ1) is 11.4. The van der Waals surface area contributed by atoms with Crippen LogP contribution in [-0.4, -0.2) is 26.2 Å². The molecular formula is C13H26N2. The molecule has 0 heterocycles. The predicted octanol–water partition coefficient (Wildman–Crippen LogP) is 2.15. The Labute approximate surface area is 94.2 Å². The summed E-state index contributed by atoms with van der Waals surface area (Å²) in [5.74, 6) is 1.94. The van der Waals surface area contributed by atoms with Gasteiger partial charge in [-0.1, -0.05) is 6.42 Å². The Bertz CT molecular complexity index is 181. The summed E-state index contributed by atoms with van der Waals surface area (Å²) in [5, 5.41) is 7.00. The Morgan fingerprint density at radius 1 is 0.867 bits per heavy atom. The molecule has 0 aromatic heterocycles. The minimum absolute atomic E-state index is 0.792. The molecule has 2 N–H and O–H groups in total. The fourth-order valence-corrected chi connectivity index (χ4v) is 3.42. The van der Waals surface area contributed by atoms with Crippen LogP contribution in [0.2, 0.25) is 0 Å². The van der Waals surface area contributed by atoms with Crippen LogP contribution in [0.4, 0.5) is 0 Å². The SMILES string of the molecule is CNC1CCC(C(NC)C2CCC2)CC1. The van der Waals surface area contributed by atoms with Crippen LogP contribution in [0.5, 0.6) is 0 Å². The first-order valence-corrected chi connectivity index (χ1v) is 6.69. The molecule has 2 aliphatic carbocycles. The van der Waals surface area contributed by atoms with E-state index in [0.29, 0.717) is 0 Å². The van der Waals surface area contributed by atoms with Crippen molar-refractivity contribution in [1.82, 2.24) is 10.6 Å². The van der Waals surface area contributed by atoms with Crippen molar-refractivity contribution in [2.24, 2.45) is 11.8 Å². The lowest BCUT2D eigenvalue weighted by atomic mass is 9.70. The van der Waals surface area contributed by atoms with E-state index in [2.05, 4.69) is 24.7 Å². The van der Waals surface area contributed by atoms with Crippen LogP contribution in [0.3, 0.4) is 0 Å². The molecule has 2 nitrogen and oxygen atoms in total. The van der Waals surface area contributed by atoms with Crippen molar-refractivity contribution in [2.45, 2.75) is 57.0 Å².